The van der Waals surface area contributed by atoms with E-state index in [1.165, 1.54) is 4.90 Å². The van der Waals surface area contributed by atoms with Gasteiger partial charge in [-0.2, -0.15) is 0 Å². The van der Waals surface area contributed by atoms with Crippen LogP contribution in [0.4, 0.5) is 0 Å². The van der Waals surface area contributed by atoms with E-state index in [2.05, 4.69) is 0 Å². The fourth-order valence-electron chi connectivity index (χ4n) is 0.863. The third-order valence-corrected chi connectivity index (χ3v) is 3.22. The number of esters is 1. The first-order chi connectivity index (χ1) is 6.07. The molecule has 0 aromatic carbocycles. The quantitative estimate of drug-likeness (QED) is 0.382. The maximum absolute atomic E-state index is 11.3. The minimum atomic E-state index is -0.794. The number of nitrogens with zero attached hydrogens (tertiary/aromatic N) is 1. The Labute approximate surface area is 85.6 Å². The second-order valence-corrected chi connectivity index (χ2v) is 4.15. The highest BCUT2D eigenvalue weighted by Gasteiger charge is 2.40. The number of ether oxygens (including phenoxy) is 1. The maximum atomic E-state index is 11.3. The lowest BCUT2D eigenvalue weighted by Gasteiger charge is -2.06. The van der Waals surface area contributed by atoms with Crippen molar-refractivity contribution >= 4 is 40.2 Å². The SMILES string of the molecule is CCOC(=O)[C@@H]1SC(=S)N(C)C1=O. The minimum absolute atomic E-state index is 0.277. The summed E-state index contributed by atoms with van der Waals surface area (Å²) in [5.41, 5.74) is 0. The Balaban J connectivity index is 2.68. The highest BCUT2D eigenvalue weighted by atomic mass is 32.2. The predicted octanol–water partition coefficient (Wildman–Crippen LogP) is 0.408. The molecule has 0 radical (unpaired) electrons. The molecule has 0 N–H and O–H groups in total. The van der Waals surface area contributed by atoms with Crippen molar-refractivity contribution < 1.29 is 14.3 Å². The molecule has 1 atom stereocenters. The van der Waals surface area contributed by atoms with E-state index in [0.29, 0.717) is 4.32 Å². The first-order valence-corrected chi connectivity index (χ1v) is 5.01. The molecule has 72 valence electrons. The lowest BCUT2D eigenvalue weighted by molar-refractivity contribution is -0.145. The third-order valence-electron chi connectivity index (χ3n) is 1.55. The summed E-state index contributed by atoms with van der Waals surface area (Å²) in [6.45, 7) is 1.98. The van der Waals surface area contributed by atoms with E-state index in [0.717, 1.165) is 11.8 Å². The Morgan fingerprint density at radius 2 is 2.38 bits per heavy atom. The van der Waals surface area contributed by atoms with Crippen LogP contribution in [0.5, 0.6) is 0 Å². The molecule has 0 bridgehead atoms. The van der Waals surface area contributed by atoms with Crippen molar-refractivity contribution in [2.45, 2.75) is 12.2 Å². The predicted molar refractivity (Wildman–Crippen MR) is 53.4 cm³/mol. The zero-order valence-electron chi connectivity index (χ0n) is 7.27. The van der Waals surface area contributed by atoms with Crippen LogP contribution < -0.4 is 0 Å². The van der Waals surface area contributed by atoms with Crippen LogP contribution in [0.25, 0.3) is 0 Å². The molecule has 13 heavy (non-hydrogen) atoms. The lowest BCUT2D eigenvalue weighted by Crippen LogP contribution is -2.32. The van der Waals surface area contributed by atoms with Gasteiger partial charge in [0.2, 0.25) is 0 Å². The van der Waals surface area contributed by atoms with E-state index in [1.54, 1.807) is 14.0 Å². The zero-order chi connectivity index (χ0) is 10.0. The average molecular weight is 219 g/mol. The second kappa shape index (κ2) is 4.06. The molecule has 0 aliphatic carbocycles. The number of thioether (sulfide) groups is 1. The van der Waals surface area contributed by atoms with Crippen molar-refractivity contribution in [3.63, 3.8) is 0 Å². The molecule has 1 amide bonds. The number of thiocarbonyl (C=S) groups is 1. The summed E-state index contributed by atoms with van der Waals surface area (Å²) in [6, 6.07) is 0. The molecular formula is C7H9NO3S2. The molecule has 0 unspecified atom stereocenters. The van der Waals surface area contributed by atoms with E-state index in [-0.39, 0.29) is 12.5 Å². The Bertz CT molecular complexity index is 266. The first-order valence-electron chi connectivity index (χ1n) is 3.72. The molecule has 1 saturated heterocycles. The fraction of sp³-hybridized carbons (Fsp3) is 0.571. The van der Waals surface area contributed by atoms with Crippen LogP contribution >= 0.6 is 24.0 Å². The summed E-state index contributed by atoms with van der Waals surface area (Å²) in [6.07, 6.45) is 0. The van der Waals surface area contributed by atoms with Gasteiger partial charge in [-0.05, 0) is 6.92 Å². The number of rotatable bonds is 2. The molecule has 1 aliphatic heterocycles. The first kappa shape index (κ1) is 10.5. The van der Waals surface area contributed by atoms with E-state index >= 15 is 0 Å². The molecule has 1 rings (SSSR count). The van der Waals surface area contributed by atoms with Gasteiger partial charge in [-0.1, -0.05) is 24.0 Å². The topological polar surface area (TPSA) is 46.6 Å². The average Bonchev–Trinajstić information content (AvgIpc) is 2.33. The molecule has 1 fully saturated rings. The standard InChI is InChI=1S/C7H9NO3S2/c1-3-11-6(10)4-5(9)8(2)7(12)13-4/h4H,3H2,1-2H3/t4-/m1/s1. The van der Waals surface area contributed by atoms with Gasteiger partial charge in [0.25, 0.3) is 5.91 Å². The summed E-state index contributed by atoms with van der Waals surface area (Å²) < 4.78 is 5.15. The van der Waals surface area contributed by atoms with Gasteiger partial charge in [0.15, 0.2) is 5.25 Å². The smallest absolute Gasteiger partial charge is 0.329 e. The van der Waals surface area contributed by atoms with Crippen molar-refractivity contribution in [2.75, 3.05) is 13.7 Å². The van der Waals surface area contributed by atoms with Gasteiger partial charge < -0.3 is 4.74 Å². The van der Waals surface area contributed by atoms with Crippen molar-refractivity contribution in [3.05, 3.63) is 0 Å². The Hall–Kier alpha value is -0.620. The number of hydrogen-bond donors (Lipinski definition) is 0. The van der Waals surface area contributed by atoms with Crippen molar-refractivity contribution in [1.82, 2.24) is 4.90 Å². The zero-order valence-corrected chi connectivity index (χ0v) is 8.91. The van der Waals surface area contributed by atoms with Crippen molar-refractivity contribution in [3.8, 4) is 0 Å². The van der Waals surface area contributed by atoms with Crippen LogP contribution in [0.1, 0.15) is 6.92 Å². The summed E-state index contributed by atoms with van der Waals surface area (Å²) in [7, 11) is 1.55. The lowest BCUT2D eigenvalue weighted by atomic mass is 10.4. The number of amides is 1. The Morgan fingerprint density at radius 1 is 1.77 bits per heavy atom. The molecule has 0 saturated carbocycles. The summed E-state index contributed by atoms with van der Waals surface area (Å²) >= 11 is 5.92. The van der Waals surface area contributed by atoms with Gasteiger partial charge in [-0.15, -0.1) is 0 Å². The van der Waals surface area contributed by atoms with Gasteiger partial charge in [0.05, 0.1) is 6.61 Å². The largest absolute Gasteiger partial charge is 0.465 e. The van der Waals surface area contributed by atoms with Gasteiger partial charge >= 0.3 is 5.97 Å². The molecule has 1 aliphatic rings. The van der Waals surface area contributed by atoms with Crippen LogP contribution in [0, 0.1) is 0 Å². The number of hydrogen-bond acceptors (Lipinski definition) is 5. The fourth-order valence-corrected chi connectivity index (χ4v) is 2.11. The van der Waals surface area contributed by atoms with Crippen LogP contribution in [0.15, 0.2) is 0 Å². The van der Waals surface area contributed by atoms with Crippen LogP contribution in [0.3, 0.4) is 0 Å². The van der Waals surface area contributed by atoms with E-state index in [9.17, 15) is 9.59 Å². The highest BCUT2D eigenvalue weighted by Crippen LogP contribution is 2.26. The van der Waals surface area contributed by atoms with Gasteiger partial charge in [-0.25, -0.2) is 0 Å². The Morgan fingerprint density at radius 3 is 2.77 bits per heavy atom. The normalized spacial score (nSPS) is 22.3. The summed E-state index contributed by atoms with van der Waals surface area (Å²) in [5.74, 6) is -0.808. The summed E-state index contributed by atoms with van der Waals surface area (Å²) in [4.78, 5) is 23.8. The molecule has 4 nitrogen and oxygen atoms in total. The Kier molecular flexibility index (Phi) is 3.27. The second-order valence-electron chi connectivity index (χ2n) is 2.41. The van der Waals surface area contributed by atoms with E-state index in [1.807, 2.05) is 0 Å². The molecular weight excluding hydrogens is 210 g/mol. The van der Waals surface area contributed by atoms with Gasteiger partial charge in [-0.3, -0.25) is 14.5 Å². The molecule has 0 aromatic heterocycles. The minimum Gasteiger partial charge on any atom is -0.465 e. The molecule has 0 aromatic rings. The number of carbonyl (C=O) groups excluding carboxylic acids is 2. The van der Waals surface area contributed by atoms with Gasteiger partial charge in [0.1, 0.15) is 4.32 Å². The summed E-state index contributed by atoms with van der Waals surface area (Å²) in [5, 5.41) is -0.794. The molecule has 6 heteroatoms. The van der Waals surface area contributed by atoms with Crippen LogP contribution in [0.2, 0.25) is 0 Å². The molecule has 0 spiro atoms. The van der Waals surface area contributed by atoms with Crippen molar-refractivity contribution in [1.29, 1.82) is 0 Å². The van der Waals surface area contributed by atoms with E-state index < -0.39 is 11.2 Å². The van der Waals surface area contributed by atoms with Crippen LogP contribution in [-0.4, -0.2) is 40.0 Å². The molecule has 1 heterocycles. The monoisotopic (exact) mass is 219 g/mol. The maximum Gasteiger partial charge on any atom is 0.329 e. The third kappa shape index (κ3) is 2.00. The van der Waals surface area contributed by atoms with E-state index in [4.69, 9.17) is 17.0 Å². The van der Waals surface area contributed by atoms with Crippen LogP contribution in [-0.2, 0) is 14.3 Å². The van der Waals surface area contributed by atoms with Crippen molar-refractivity contribution in [2.24, 2.45) is 0 Å². The van der Waals surface area contributed by atoms with Gasteiger partial charge in [0, 0.05) is 7.05 Å². The number of carbonyl (C=O) groups is 2. The highest BCUT2D eigenvalue weighted by molar-refractivity contribution is 8.24.